The molecule has 30 heavy (non-hydrogen) atoms. The fraction of sp³-hybridized carbons (Fsp3) is 0.250. The second kappa shape index (κ2) is 9.07. The Kier molecular flexibility index (Phi) is 6.07. The molecule has 0 unspecified atom stereocenters. The van der Waals surface area contributed by atoms with E-state index in [0.717, 1.165) is 37.0 Å². The zero-order valence-corrected chi connectivity index (χ0v) is 17.0. The lowest BCUT2D eigenvalue weighted by Gasteiger charge is -2.31. The van der Waals surface area contributed by atoms with Crippen molar-refractivity contribution in [3.63, 3.8) is 0 Å². The molecule has 1 saturated heterocycles. The lowest BCUT2D eigenvalue weighted by molar-refractivity contribution is 0.0876. The Balaban J connectivity index is 1.37. The van der Waals surface area contributed by atoms with E-state index >= 15 is 0 Å². The number of hydrogen-bond acceptors (Lipinski definition) is 5. The summed E-state index contributed by atoms with van der Waals surface area (Å²) in [6.45, 7) is 4.10. The maximum atomic E-state index is 12.6. The van der Waals surface area contributed by atoms with E-state index in [2.05, 4.69) is 22.2 Å². The van der Waals surface area contributed by atoms with E-state index in [-0.39, 0.29) is 5.78 Å². The van der Waals surface area contributed by atoms with Gasteiger partial charge in [0.05, 0.1) is 6.54 Å². The number of benzene rings is 3. The summed E-state index contributed by atoms with van der Waals surface area (Å²) in [5, 5.41) is 4.79. The van der Waals surface area contributed by atoms with Crippen LogP contribution in [-0.4, -0.2) is 61.4 Å². The van der Waals surface area contributed by atoms with Gasteiger partial charge in [-0.2, -0.15) is 0 Å². The summed E-state index contributed by atoms with van der Waals surface area (Å²) < 4.78 is 5.41. The Labute approximate surface area is 176 Å². The minimum Gasteiger partial charge on any atom is -0.410 e. The molecule has 0 saturated carbocycles. The number of Topliss-reactive ketones (excluding diaryl/α,β-unsaturated/α-hetero) is 1. The standard InChI is InChI=1S/C24H25N3O3/c1-26-11-13-27(14-12-26)17-23(28)20-7-4-8-21(15-20)25-24(29)30-22-10-9-18-5-2-3-6-19(18)16-22/h2-10,15-16H,11-14,17H2,1H3,(H,25,29). The number of nitrogens with zero attached hydrogens (tertiary/aromatic N) is 2. The highest BCUT2D eigenvalue weighted by Gasteiger charge is 2.18. The molecule has 1 N–H and O–H groups in total. The van der Waals surface area contributed by atoms with Crippen molar-refractivity contribution in [1.29, 1.82) is 0 Å². The smallest absolute Gasteiger partial charge is 0.410 e. The van der Waals surface area contributed by atoms with E-state index in [4.69, 9.17) is 4.74 Å². The van der Waals surface area contributed by atoms with Crippen LogP contribution in [0.2, 0.25) is 0 Å². The van der Waals surface area contributed by atoms with Crippen LogP contribution in [-0.2, 0) is 0 Å². The summed E-state index contributed by atoms with van der Waals surface area (Å²) in [4.78, 5) is 29.4. The van der Waals surface area contributed by atoms with E-state index < -0.39 is 6.09 Å². The molecule has 0 radical (unpaired) electrons. The molecular formula is C24H25N3O3. The maximum absolute atomic E-state index is 12.6. The third-order valence-electron chi connectivity index (χ3n) is 5.33. The molecule has 0 atom stereocenters. The van der Waals surface area contributed by atoms with Crippen LogP contribution in [0.15, 0.2) is 66.7 Å². The molecular weight excluding hydrogens is 378 g/mol. The van der Waals surface area contributed by atoms with Gasteiger partial charge in [-0.25, -0.2) is 4.79 Å². The SMILES string of the molecule is CN1CCN(CC(=O)c2cccc(NC(=O)Oc3ccc4ccccc4c3)c2)CC1. The third kappa shape index (κ3) is 5.03. The molecule has 1 fully saturated rings. The molecule has 3 aromatic rings. The number of nitrogens with one attached hydrogen (secondary N) is 1. The lowest BCUT2D eigenvalue weighted by Crippen LogP contribution is -2.46. The Morgan fingerprint density at radius 3 is 2.47 bits per heavy atom. The molecule has 3 aromatic carbocycles. The van der Waals surface area contributed by atoms with Gasteiger partial charge in [0.15, 0.2) is 5.78 Å². The number of piperazine rings is 1. The van der Waals surface area contributed by atoms with E-state index in [1.54, 1.807) is 30.3 Å². The van der Waals surface area contributed by atoms with Crippen LogP contribution in [0.5, 0.6) is 5.75 Å². The maximum Gasteiger partial charge on any atom is 0.417 e. The van der Waals surface area contributed by atoms with Gasteiger partial charge in [-0.3, -0.25) is 15.0 Å². The number of likely N-dealkylation sites (N-methyl/N-ethyl adjacent to an activating group) is 1. The van der Waals surface area contributed by atoms with Crippen molar-refractivity contribution in [2.24, 2.45) is 0 Å². The number of carbonyl (C=O) groups excluding carboxylic acids is 2. The number of ether oxygens (including phenoxy) is 1. The fourth-order valence-electron chi connectivity index (χ4n) is 3.55. The van der Waals surface area contributed by atoms with Crippen molar-refractivity contribution in [3.8, 4) is 5.75 Å². The first kappa shape index (κ1) is 20.1. The van der Waals surface area contributed by atoms with Crippen LogP contribution >= 0.6 is 0 Å². The van der Waals surface area contributed by atoms with Crippen molar-refractivity contribution in [2.45, 2.75) is 0 Å². The number of anilines is 1. The Morgan fingerprint density at radius 1 is 0.900 bits per heavy atom. The number of fused-ring (bicyclic) bond motifs is 1. The molecule has 0 aliphatic carbocycles. The second-order valence-electron chi connectivity index (χ2n) is 7.61. The summed E-state index contributed by atoms with van der Waals surface area (Å²) in [5.41, 5.74) is 1.11. The first-order valence-corrected chi connectivity index (χ1v) is 10.1. The highest BCUT2D eigenvalue weighted by molar-refractivity contribution is 5.99. The number of rotatable bonds is 5. The van der Waals surface area contributed by atoms with Crippen LogP contribution in [0, 0.1) is 0 Å². The molecule has 1 amide bonds. The van der Waals surface area contributed by atoms with Gasteiger partial charge in [-0.15, -0.1) is 0 Å². The minimum absolute atomic E-state index is 0.0473. The lowest BCUT2D eigenvalue weighted by atomic mass is 10.1. The molecule has 1 aliphatic rings. The molecule has 6 nitrogen and oxygen atoms in total. The van der Waals surface area contributed by atoms with Gasteiger partial charge >= 0.3 is 6.09 Å². The molecule has 1 heterocycles. The van der Waals surface area contributed by atoms with Gasteiger partial charge in [0, 0.05) is 37.4 Å². The van der Waals surface area contributed by atoms with Crippen LogP contribution in [0.1, 0.15) is 10.4 Å². The minimum atomic E-state index is -0.589. The van der Waals surface area contributed by atoms with Gasteiger partial charge in [0.2, 0.25) is 0 Å². The first-order valence-electron chi connectivity index (χ1n) is 10.1. The van der Waals surface area contributed by atoms with Gasteiger partial charge in [0.25, 0.3) is 0 Å². The number of amides is 1. The Morgan fingerprint density at radius 2 is 1.67 bits per heavy atom. The summed E-state index contributed by atoms with van der Waals surface area (Å²) in [7, 11) is 2.09. The predicted octanol–water partition coefficient (Wildman–Crippen LogP) is 3.88. The summed E-state index contributed by atoms with van der Waals surface area (Å²) in [6.07, 6.45) is -0.589. The monoisotopic (exact) mass is 403 g/mol. The number of ketones is 1. The molecule has 6 heteroatoms. The van der Waals surface area contributed by atoms with E-state index in [0.29, 0.717) is 23.5 Å². The first-order chi connectivity index (χ1) is 14.6. The van der Waals surface area contributed by atoms with E-state index in [9.17, 15) is 9.59 Å². The quantitative estimate of drug-likeness (QED) is 0.655. The van der Waals surface area contributed by atoms with Crippen LogP contribution in [0.4, 0.5) is 10.5 Å². The van der Waals surface area contributed by atoms with Crippen LogP contribution < -0.4 is 10.1 Å². The molecule has 154 valence electrons. The second-order valence-corrected chi connectivity index (χ2v) is 7.61. The van der Waals surface area contributed by atoms with Crippen LogP contribution in [0.3, 0.4) is 0 Å². The van der Waals surface area contributed by atoms with Gasteiger partial charge in [-0.1, -0.05) is 42.5 Å². The Bertz CT molecular complexity index is 1060. The van der Waals surface area contributed by atoms with E-state index in [1.807, 2.05) is 36.4 Å². The summed E-state index contributed by atoms with van der Waals surface area (Å²) in [6, 6.07) is 20.4. The molecule has 4 rings (SSSR count). The van der Waals surface area contributed by atoms with Crippen molar-refractivity contribution in [2.75, 3.05) is 45.1 Å². The van der Waals surface area contributed by atoms with E-state index in [1.165, 1.54) is 0 Å². The number of carbonyl (C=O) groups is 2. The average molecular weight is 403 g/mol. The van der Waals surface area contributed by atoms with Crippen molar-refractivity contribution in [3.05, 3.63) is 72.3 Å². The molecule has 0 aromatic heterocycles. The van der Waals surface area contributed by atoms with Gasteiger partial charge in [0.1, 0.15) is 5.75 Å². The largest absolute Gasteiger partial charge is 0.417 e. The topological polar surface area (TPSA) is 61.9 Å². The average Bonchev–Trinajstić information content (AvgIpc) is 2.75. The number of hydrogen-bond donors (Lipinski definition) is 1. The molecule has 1 aliphatic heterocycles. The Hall–Kier alpha value is -3.22. The van der Waals surface area contributed by atoms with Crippen molar-refractivity contribution in [1.82, 2.24) is 9.80 Å². The van der Waals surface area contributed by atoms with Gasteiger partial charge in [-0.05, 0) is 42.1 Å². The summed E-state index contributed by atoms with van der Waals surface area (Å²) in [5.74, 6) is 0.514. The fourth-order valence-corrected chi connectivity index (χ4v) is 3.55. The van der Waals surface area contributed by atoms with Crippen molar-refractivity contribution < 1.29 is 14.3 Å². The zero-order chi connectivity index (χ0) is 20.9. The third-order valence-corrected chi connectivity index (χ3v) is 5.33. The molecule has 0 spiro atoms. The highest BCUT2D eigenvalue weighted by atomic mass is 16.6. The summed E-state index contributed by atoms with van der Waals surface area (Å²) >= 11 is 0. The zero-order valence-electron chi connectivity index (χ0n) is 17.0. The van der Waals surface area contributed by atoms with Gasteiger partial charge < -0.3 is 9.64 Å². The van der Waals surface area contributed by atoms with Crippen molar-refractivity contribution >= 4 is 28.3 Å². The predicted molar refractivity (Wildman–Crippen MR) is 118 cm³/mol. The van der Waals surface area contributed by atoms with Crippen LogP contribution in [0.25, 0.3) is 10.8 Å². The molecule has 0 bridgehead atoms. The highest BCUT2D eigenvalue weighted by Crippen LogP contribution is 2.21. The normalized spacial score (nSPS) is 15.1.